The minimum Gasteiger partial charge on any atom is -0.377 e. The molecule has 0 aliphatic carbocycles. The smallest absolute Gasteiger partial charge is 0.377 e. The molecule has 0 heterocycles. The molecular formula is C18H44N2O6Si2. The first-order valence-electron chi connectivity index (χ1n) is 10.2. The number of rotatable bonds is 19. The van der Waals surface area contributed by atoms with E-state index in [4.69, 9.17) is 26.6 Å². The van der Waals surface area contributed by atoms with Crippen LogP contribution in [0.3, 0.4) is 0 Å². The third-order valence-corrected chi connectivity index (χ3v) is 10.9. The number of hydrogen-bond acceptors (Lipinski definition) is 8. The predicted molar refractivity (Wildman–Crippen MR) is 117 cm³/mol. The monoisotopic (exact) mass is 440 g/mol. The molecule has 0 aromatic carbocycles. The van der Waals surface area contributed by atoms with Gasteiger partial charge >= 0.3 is 17.6 Å². The summed E-state index contributed by atoms with van der Waals surface area (Å²) in [6.07, 6.45) is 3.03. The zero-order valence-corrected chi connectivity index (χ0v) is 21.3. The lowest BCUT2D eigenvalue weighted by Crippen LogP contribution is -2.46. The topological polar surface area (TPSA) is 70.7 Å². The van der Waals surface area contributed by atoms with Crippen molar-refractivity contribution in [3.8, 4) is 0 Å². The summed E-state index contributed by atoms with van der Waals surface area (Å²) in [7, 11) is 4.96. The van der Waals surface area contributed by atoms with Crippen LogP contribution in [0.4, 0.5) is 0 Å². The van der Waals surface area contributed by atoms with Crippen LogP contribution >= 0.6 is 0 Å². The quantitative estimate of drug-likeness (QED) is 0.307. The standard InChI is InChI=1S/C18H44N2O6Si2/c1-9-18(19-10-2)17-20(13-11-15-27(21-3,22-4)23-5)14-12-16-28(24-6,25-7)26-8/h18-19H,9-17H2,1-8H3. The Morgan fingerprint density at radius 2 is 1.11 bits per heavy atom. The molecule has 0 fully saturated rings. The van der Waals surface area contributed by atoms with Gasteiger partial charge in [-0.25, -0.2) is 0 Å². The van der Waals surface area contributed by atoms with Crippen molar-refractivity contribution < 1.29 is 26.6 Å². The summed E-state index contributed by atoms with van der Waals surface area (Å²) >= 11 is 0. The largest absolute Gasteiger partial charge is 0.500 e. The highest BCUT2D eigenvalue weighted by Crippen LogP contribution is 2.18. The maximum Gasteiger partial charge on any atom is 0.500 e. The summed E-state index contributed by atoms with van der Waals surface area (Å²) in [6.45, 7) is 8.30. The van der Waals surface area contributed by atoms with Crippen LogP contribution in [-0.2, 0) is 26.6 Å². The number of nitrogens with zero attached hydrogens (tertiary/aromatic N) is 1. The van der Waals surface area contributed by atoms with Crippen LogP contribution in [0.5, 0.6) is 0 Å². The Hall–Kier alpha value is 0.114. The van der Waals surface area contributed by atoms with E-state index < -0.39 is 17.6 Å². The molecule has 10 heteroatoms. The first kappa shape index (κ1) is 28.1. The molecule has 0 saturated carbocycles. The van der Waals surface area contributed by atoms with Crippen LogP contribution in [0, 0.1) is 0 Å². The van der Waals surface area contributed by atoms with Crippen molar-refractivity contribution in [2.24, 2.45) is 0 Å². The van der Waals surface area contributed by atoms with Gasteiger partial charge in [0, 0.05) is 67.3 Å². The van der Waals surface area contributed by atoms with E-state index in [9.17, 15) is 0 Å². The van der Waals surface area contributed by atoms with Crippen LogP contribution < -0.4 is 5.32 Å². The van der Waals surface area contributed by atoms with E-state index in [1.807, 2.05) is 0 Å². The molecule has 0 aliphatic heterocycles. The lowest BCUT2D eigenvalue weighted by Gasteiger charge is -2.30. The van der Waals surface area contributed by atoms with Gasteiger partial charge in [0.2, 0.25) is 0 Å². The highest BCUT2D eigenvalue weighted by atomic mass is 28.4. The fraction of sp³-hybridized carbons (Fsp3) is 1.00. The summed E-state index contributed by atoms with van der Waals surface area (Å²) in [5.41, 5.74) is 0. The first-order chi connectivity index (χ1) is 13.4. The Balaban J connectivity index is 4.82. The Morgan fingerprint density at radius 3 is 1.39 bits per heavy atom. The molecule has 28 heavy (non-hydrogen) atoms. The number of nitrogens with one attached hydrogen (secondary N) is 1. The molecule has 8 nitrogen and oxygen atoms in total. The van der Waals surface area contributed by atoms with Crippen molar-refractivity contribution in [1.29, 1.82) is 0 Å². The summed E-state index contributed by atoms with van der Waals surface area (Å²) in [5.74, 6) is 0. The van der Waals surface area contributed by atoms with Gasteiger partial charge in [0.25, 0.3) is 0 Å². The van der Waals surface area contributed by atoms with E-state index in [-0.39, 0.29) is 0 Å². The van der Waals surface area contributed by atoms with Gasteiger partial charge in [0.15, 0.2) is 0 Å². The van der Waals surface area contributed by atoms with E-state index in [1.165, 1.54) is 0 Å². The maximum atomic E-state index is 5.55. The average Bonchev–Trinajstić information content (AvgIpc) is 2.74. The molecule has 0 aromatic rings. The van der Waals surface area contributed by atoms with Crippen molar-refractivity contribution in [2.45, 2.75) is 51.2 Å². The number of likely N-dealkylation sites (N-methyl/N-ethyl adjacent to an activating group) is 1. The zero-order chi connectivity index (χ0) is 21.5. The van der Waals surface area contributed by atoms with Crippen molar-refractivity contribution in [1.82, 2.24) is 10.2 Å². The minimum absolute atomic E-state index is 0.480. The highest BCUT2D eigenvalue weighted by molar-refractivity contribution is 6.60. The molecule has 0 bridgehead atoms. The van der Waals surface area contributed by atoms with Crippen LogP contribution in [0.1, 0.15) is 33.1 Å². The zero-order valence-electron chi connectivity index (χ0n) is 19.3. The van der Waals surface area contributed by atoms with Gasteiger partial charge in [0.1, 0.15) is 0 Å². The summed E-state index contributed by atoms with van der Waals surface area (Å²) in [6, 6.07) is 2.09. The van der Waals surface area contributed by atoms with Crippen LogP contribution in [0.15, 0.2) is 0 Å². The second kappa shape index (κ2) is 15.9. The normalized spacial score (nSPS) is 14.0. The third-order valence-electron chi connectivity index (χ3n) is 5.24. The van der Waals surface area contributed by atoms with Crippen LogP contribution in [0.2, 0.25) is 12.1 Å². The molecule has 0 saturated heterocycles. The number of hydrogen-bond donors (Lipinski definition) is 1. The molecule has 0 spiro atoms. The molecule has 1 atom stereocenters. The van der Waals surface area contributed by atoms with E-state index in [0.717, 1.165) is 57.5 Å². The molecule has 1 unspecified atom stereocenters. The van der Waals surface area contributed by atoms with Crippen molar-refractivity contribution >= 4 is 17.6 Å². The van der Waals surface area contributed by atoms with E-state index in [2.05, 4.69) is 24.1 Å². The van der Waals surface area contributed by atoms with Gasteiger partial charge in [-0.2, -0.15) is 0 Å². The average molecular weight is 441 g/mol. The SMILES string of the molecule is CCNC(CC)CN(CCC[Si](OC)(OC)OC)CCC[Si](OC)(OC)OC. The Morgan fingerprint density at radius 1 is 0.714 bits per heavy atom. The van der Waals surface area contributed by atoms with Crippen LogP contribution in [-0.4, -0.2) is 97.4 Å². The minimum atomic E-state index is -2.52. The van der Waals surface area contributed by atoms with E-state index in [0.29, 0.717) is 6.04 Å². The van der Waals surface area contributed by atoms with Crippen molar-refractivity contribution in [3.63, 3.8) is 0 Å². The van der Waals surface area contributed by atoms with E-state index in [1.54, 1.807) is 42.7 Å². The van der Waals surface area contributed by atoms with Gasteiger partial charge in [-0.3, -0.25) is 0 Å². The predicted octanol–water partition coefficient (Wildman–Crippen LogP) is 2.21. The Labute approximate surface area is 174 Å². The first-order valence-corrected chi connectivity index (χ1v) is 14.1. The fourth-order valence-corrected chi connectivity index (χ4v) is 6.79. The van der Waals surface area contributed by atoms with Gasteiger partial charge in [0.05, 0.1) is 0 Å². The van der Waals surface area contributed by atoms with Crippen molar-refractivity contribution in [2.75, 3.05) is 68.8 Å². The maximum absolute atomic E-state index is 5.55. The second-order valence-electron chi connectivity index (χ2n) is 6.76. The Bertz CT molecular complexity index is 331. The van der Waals surface area contributed by atoms with E-state index >= 15 is 0 Å². The third kappa shape index (κ3) is 9.74. The Kier molecular flexibility index (Phi) is 16.0. The van der Waals surface area contributed by atoms with Crippen LogP contribution in [0.25, 0.3) is 0 Å². The summed E-state index contributed by atoms with van der Waals surface area (Å²) in [5, 5.41) is 3.57. The molecule has 0 radical (unpaired) electrons. The molecule has 1 N–H and O–H groups in total. The fourth-order valence-electron chi connectivity index (χ4n) is 3.38. The summed E-state index contributed by atoms with van der Waals surface area (Å²) < 4.78 is 33.3. The second-order valence-corrected chi connectivity index (χ2v) is 12.9. The molecule has 0 amide bonds. The van der Waals surface area contributed by atoms with Gasteiger partial charge < -0.3 is 36.8 Å². The highest BCUT2D eigenvalue weighted by Gasteiger charge is 2.38. The summed E-state index contributed by atoms with van der Waals surface area (Å²) in [4.78, 5) is 2.50. The lowest BCUT2D eigenvalue weighted by atomic mass is 10.2. The van der Waals surface area contributed by atoms with Gasteiger partial charge in [-0.1, -0.05) is 13.8 Å². The lowest BCUT2D eigenvalue weighted by molar-refractivity contribution is 0.119. The molecule has 0 rings (SSSR count). The molecular weight excluding hydrogens is 396 g/mol. The van der Waals surface area contributed by atoms with Crippen molar-refractivity contribution in [3.05, 3.63) is 0 Å². The molecule has 0 aromatic heterocycles. The molecule has 170 valence electrons. The van der Waals surface area contributed by atoms with Gasteiger partial charge in [-0.15, -0.1) is 0 Å². The molecule has 0 aliphatic rings. The van der Waals surface area contributed by atoms with Gasteiger partial charge in [-0.05, 0) is 38.9 Å².